The van der Waals surface area contributed by atoms with Crippen LogP contribution in [0.4, 0.5) is 11.5 Å². The molecule has 1 heterocycles. The Bertz CT molecular complexity index is 873. The van der Waals surface area contributed by atoms with E-state index in [0.29, 0.717) is 11.6 Å². The first-order chi connectivity index (χ1) is 13.1. The molecule has 1 aromatic heterocycles. The molecule has 138 valence electrons. The standard InChI is InChI=1S/C22H23N3O2/c1-16-3-7-18(8-4-16)13-23-19-9-12-21(24-14-19)25-22(26)15-27-20-10-5-17(2)6-11-20/h3-12,14,23H,13,15H2,1-2H3,(H,24,25,26). The number of ether oxygens (including phenoxy) is 1. The van der Waals surface area contributed by atoms with Gasteiger partial charge in [-0.2, -0.15) is 0 Å². The average molecular weight is 361 g/mol. The summed E-state index contributed by atoms with van der Waals surface area (Å²) < 4.78 is 5.46. The van der Waals surface area contributed by atoms with Crippen LogP contribution < -0.4 is 15.4 Å². The molecule has 0 unspecified atom stereocenters. The molecule has 0 aliphatic heterocycles. The summed E-state index contributed by atoms with van der Waals surface area (Å²) in [5, 5.41) is 6.04. The lowest BCUT2D eigenvalue weighted by atomic mass is 10.1. The van der Waals surface area contributed by atoms with E-state index in [1.54, 1.807) is 12.3 Å². The van der Waals surface area contributed by atoms with E-state index in [4.69, 9.17) is 4.74 Å². The maximum absolute atomic E-state index is 12.0. The van der Waals surface area contributed by atoms with Crippen molar-refractivity contribution in [3.05, 3.63) is 83.6 Å². The van der Waals surface area contributed by atoms with E-state index in [-0.39, 0.29) is 12.5 Å². The monoisotopic (exact) mass is 361 g/mol. The van der Waals surface area contributed by atoms with Gasteiger partial charge in [0.2, 0.25) is 0 Å². The summed E-state index contributed by atoms with van der Waals surface area (Å²) in [4.78, 5) is 16.2. The van der Waals surface area contributed by atoms with Crippen LogP contribution in [-0.4, -0.2) is 17.5 Å². The number of amides is 1. The van der Waals surface area contributed by atoms with Crippen LogP contribution in [0.3, 0.4) is 0 Å². The highest BCUT2D eigenvalue weighted by atomic mass is 16.5. The van der Waals surface area contributed by atoms with Gasteiger partial charge in [0.1, 0.15) is 11.6 Å². The quantitative estimate of drug-likeness (QED) is 0.657. The summed E-state index contributed by atoms with van der Waals surface area (Å²) in [5.74, 6) is 0.913. The topological polar surface area (TPSA) is 63.2 Å². The Morgan fingerprint density at radius 1 is 0.926 bits per heavy atom. The second kappa shape index (κ2) is 8.85. The smallest absolute Gasteiger partial charge is 0.263 e. The number of pyridine rings is 1. The molecule has 2 aromatic carbocycles. The molecule has 0 atom stereocenters. The molecule has 27 heavy (non-hydrogen) atoms. The third kappa shape index (κ3) is 5.85. The van der Waals surface area contributed by atoms with Crippen LogP contribution in [0.2, 0.25) is 0 Å². The van der Waals surface area contributed by atoms with E-state index in [1.807, 2.05) is 37.3 Å². The number of aryl methyl sites for hydroxylation is 2. The maximum Gasteiger partial charge on any atom is 0.263 e. The Labute approximate surface area is 159 Å². The lowest BCUT2D eigenvalue weighted by Crippen LogP contribution is -2.20. The molecule has 0 aliphatic rings. The predicted molar refractivity (Wildman–Crippen MR) is 108 cm³/mol. The number of nitrogens with zero attached hydrogens (tertiary/aromatic N) is 1. The fourth-order valence-electron chi connectivity index (χ4n) is 2.44. The summed E-state index contributed by atoms with van der Waals surface area (Å²) in [7, 11) is 0. The summed E-state index contributed by atoms with van der Waals surface area (Å²) in [6.07, 6.45) is 1.70. The van der Waals surface area contributed by atoms with Crippen LogP contribution in [-0.2, 0) is 11.3 Å². The molecule has 2 N–H and O–H groups in total. The number of hydrogen-bond donors (Lipinski definition) is 2. The van der Waals surface area contributed by atoms with E-state index < -0.39 is 0 Å². The van der Waals surface area contributed by atoms with E-state index in [9.17, 15) is 4.79 Å². The van der Waals surface area contributed by atoms with Crippen molar-refractivity contribution in [2.24, 2.45) is 0 Å². The third-order valence-electron chi connectivity index (χ3n) is 4.04. The van der Waals surface area contributed by atoms with Gasteiger partial charge in [0, 0.05) is 6.54 Å². The maximum atomic E-state index is 12.0. The molecule has 5 nitrogen and oxygen atoms in total. The van der Waals surface area contributed by atoms with Crippen LogP contribution in [0, 0.1) is 13.8 Å². The fraction of sp³-hybridized carbons (Fsp3) is 0.182. The molecule has 0 aliphatic carbocycles. The normalized spacial score (nSPS) is 10.3. The number of nitrogens with one attached hydrogen (secondary N) is 2. The van der Waals surface area contributed by atoms with E-state index in [0.717, 1.165) is 17.8 Å². The van der Waals surface area contributed by atoms with Gasteiger partial charge in [-0.05, 0) is 43.7 Å². The number of carbonyl (C=O) groups excluding carboxylic acids is 1. The van der Waals surface area contributed by atoms with Gasteiger partial charge in [0.15, 0.2) is 6.61 Å². The lowest BCUT2D eigenvalue weighted by Gasteiger charge is -2.09. The van der Waals surface area contributed by atoms with Gasteiger partial charge in [-0.1, -0.05) is 47.5 Å². The molecule has 3 aromatic rings. The van der Waals surface area contributed by atoms with E-state index in [2.05, 4.69) is 46.8 Å². The number of hydrogen-bond acceptors (Lipinski definition) is 4. The van der Waals surface area contributed by atoms with E-state index >= 15 is 0 Å². The van der Waals surface area contributed by atoms with Crippen molar-refractivity contribution in [2.45, 2.75) is 20.4 Å². The Kier molecular flexibility index (Phi) is 6.05. The van der Waals surface area contributed by atoms with Gasteiger partial charge in [-0.25, -0.2) is 4.98 Å². The Morgan fingerprint density at radius 2 is 1.59 bits per heavy atom. The molecule has 0 spiro atoms. The highest BCUT2D eigenvalue weighted by Crippen LogP contribution is 2.13. The number of rotatable bonds is 7. The molecule has 0 radical (unpaired) electrons. The molecular formula is C22H23N3O2. The highest BCUT2D eigenvalue weighted by molar-refractivity contribution is 5.91. The highest BCUT2D eigenvalue weighted by Gasteiger charge is 2.05. The van der Waals surface area contributed by atoms with Gasteiger partial charge in [0.05, 0.1) is 11.9 Å². The molecule has 3 rings (SSSR count). The van der Waals surface area contributed by atoms with E-state index in [1.165, 1.54) is 11.1 Å². The molecule has 0 saturated heterocycles. The van der Waals surface area contributed by atoms with Gasteiger partial charge in [0.25, 0.3) is 5.91 Å². The zero-order valence-electron chi connectivity index (χ0n) is 15.5. The zero-order valence-corrected chi connectivity index (χ0v) is 15.5. The summed E-state index contributed by atoms with van der Waals surface area (Å²) >= 11 is 0. The van der Waals surface area contributed by atoms with Gasteiger partial charge < -0.3 is 15.4 Å². The van der Waals surface area contributed by atoms with Crippen molar-refractivity contribution in [3.63, 3.8) is 0 Å². The van der Waals surface area contributed by atoms with Gasteiger partial charge in [-0.15, -0.1) is 0 Å². The van der Waals surface area contributed by atoms with Gasteiger partial charge >= 0.3 is 0 Å². The van der Waals surface area contributed by atoms with Crippen molar-refractivity contribution in [3.8, 4) is 5.75 Å². The SMILES string of the molecule is Cc1ccc(CNc2ccc(NC(=O)COc3ccc(C)cc3)nc2)cc1. The minimum Gasteiger partial charge on any atom is -0.484 e. The second-order valence-electron chi connectivity index (χ2n) is 6.42. The van der Waals surface area contributed by atoms with Crippen molar-refractivity contribution in [2.75, 3.05) is 17.2 Å². The zero-order chi connectivity index (χ0) is 19.1. The molecule has 0 bridgehead atoms. The van der Waals surface area contributed by atoms with Gasteiger partial charge in [-0.3, -0.25) is 4.79 Å². The third-order valence-corrected chi connectivity index (χ3v) is 4.04. The first-order valence-electron chi connectivity index (χ1n) is 8.83. The largest absolute Gasteiger partial charge is 0.484 e. The van der Waals surface area contributed by atoms with Crippen LogP contribution in [0.1, 0.15) is 16.7 Å². The van der Waals surface area contributed by atoms with Crippen LogP contribution >= 0.6 is 0 Å². The number of aromatic nitrogens is 1. The van der Waals surface area contributed by atoms with Crippen molar-refractivity contribution in [1.29, 1.82) is 0 Å². The molecule has 0 saturated carbocycles. The Morgan fingerprint density at radius 3 is 2.22 bits per heavy atom. The Balaban J connectivity index is 1.45. The minimum absolute atomic E-state index is 0.0574. The van der Waals surface area contributed by atoms with Crippen molar-refractivity contribution < 1.29 is 9.53 Å². The minimum atomic E-state index is -0.247. The van der Waals surface area contributed by atoms with Crippen LogP contribution in [0.15, 0.2) is 66.9 Å². The number of carbonyl (C=O) groups is 1. The molecular weight excluding hydrogens is 338 g/mol. The Hall–Kier alpha value is -3.34. The first kappa shape index (κ1) is 18.5. The molecule has 5 heteroatoms. The fourth-order valence-corrected chi connectivity index (χ4v) is 2.44. The lowest BCUT2D eigenvalue weighted by molar-refractivity contribution is -0.118. The molecule has 1 amide bonds. The number of anilines is 2. The molecule has 0 fully saturated rings. The summed E-state index contributed by atoms with van der Waals surface area (Å²) in [6.45, 7) is 4.73. The van der Waals surface area contributed by atoms with Crippen molar-refractivity contribution >= 4 is 17.4 Å². The van der Waals surface area contributed by atoms with Crippen LogP contribution in [0.5, 0.6) is 5.75 Å². The predicted octanol–water partition coefficient (Wildman–Crippen LogP) is 4.33. The van der Waals surface area contributed by atoms with Crippen LogP contribution in [0.25, 0.3) is 0 Å². The average Bonchev–Trinajstić information content (AvgIpc) is 2.68. The number of benzene rings is 2. The van der Waals surface area contributed by atoms with Crippen molar-refractivity contribution in [1.82, 2.24) is 4.98 Å². The summed E-state index contributed by atoms with van der Waals surface area (Å²) in [6, 6.07) is 19.6. The second-order valence-corrected chi connectivity index (χ2v) is 6.42. The first-order valence-corrected chi connectivity index (χ1v) is 8.83. The summed E-state index contributed by atoms with van der Waals surface area (Å²) in [5.41, 5.74) is 4.48.